The van der Waals surface area contributed by atoms with E-state index in [9.17, 15) is 13.2 Å². The van der Waals surface area contributed by atoms with Crippen molar-refractivity contribution >= 4 is 0 Å². The Labute approximate surface area is 126 Å². The van der Waals surface area contributed by atoms with Gasteiger partial charge in [-0.25, -0.2) is 0 Å². The first-order chi connectivity index (χ1) is 10.5. The molecule has 0 heterocycles. The van der Waals surface area contributed by atoms with Crippen molar-refractivity contribution in [1.82, 2.24) is 0 Å². The van der Waals surface area contributed by atoms with E-state index < -0.39 is 11.7 Å². The van der Waals surface area contributed by atoms with E-state index in [0.717, 1.165) is 12.1 Å². The first-order valence-electron chi connectivity index (χ1n) is 6.45. The molecule has 0 fully saturated rings. The SMILES string of the molecule is COc1cccc(OC)c1OCc1cccc(C(F)(F)F)c1. The molecular weight excluding hydrogens is 297 g/mol. The molecule has 0 radical (unpaired) electrons. The fourth-order valence-corrected chi connectivity index (χ4v) is 1.95. The van der Waals surface area contributed by atoms with E-state index in [4.69, 9.17) is 14.2 Å². The van der Waals surface area contributed by atoms with Crippen LogP contribution in [0.2, 0.25) is 0 Å². The van der Waals surface area contributed by atoms with Gasteiger partial charge in [0.1, 0.15) is 6.61 Å². The summed E-state index contributed by atoms with van der Waals surface area (Å²) in [5.74, 6) is 1.25. The molecule has 22 heavy (non-hydrogen) atoms. The number of rotatable bonds is 5. The molecule has 0 aliphatic heterocycles. The minimum absolute atomic E-state index is 0.0271. The highest BCUT2D eigenvalue weighted by Gasteiger charge is 2.30. The van der Waals surface area contributed by atoms with E-state index in [1.807, 2.05) is 0 Å². The minimum Gasteiger partial charge on any atom is -0.493 e. The van der Waals surface area contributed by atoms with Gasteiger partial charge in [-0.3, -0.25) is 0 Å². The number of benzene rings is 2. The molecular formula is C16H15F3O3. The van der Waals surface area contributed by atoms with Gasteiger partial charge in [-0.05, 0) is 29.8 Å². The Hall–Kier alpha value is -2.37. The lowest BCUT2D eigenvalue weighted by atomic mass is 10.1. The lowest BCUT2D eigenvalue weighted by molar-refractivity contribution is -0.137. The molecule has 0 aliphatic carbocycles. The van der Waals surface area contributed by atoms with E-state index in [-0.39, 0.29) is 6.61 Å². The molecule has 3 nitrogen and oxygen atoms in total. The van der Waals surface area contributed by atoms with Crippen LogP contribution in [0.4, 0.5) is 13.2 Å². The highest BCUT2D eigenvalue weighted by atomic mass is 19.4. The van der Waals surface area contributed by atoms with Gasteiger partial charge in [-0.2, -0.15) is 13.2 Å². The zero-order valence-corrected chi connectivity index (χ0v) is 12.1. The number of alkyl halides is 3. The molecule has 0 amide bonds. The van der Waals surface area contributed by atoms with Gasteiger partial charge < -0.3 is 14.2 Å². The quantitative estimate of drug-likeness (QED) is 0.824. The lowest BCUT2D eigenvalue weighted by Crippen LogP contribution is -2.06. The standard InChI is InChI=1S/C16H15F3O3/c1-20-13-7-4-8-14(21-2)15(13)22-10-11-5-3-6-12(9-11)16(17,18)19/h3-9H,10H2,1-2H3. The average Bonchev–Trinajstić information content (AvgIpc) is 2.52. The molecule has 0 aliphatic rings. The predicted octanol–water partition coefficient (Wildman–Crippen LogP) is 4.30. The summed E-state index contributed by atoms with van der Waals surface area (Å²) in [6.45, 7) is -0.0271. The third-order valence-corrected chi connectivity index (χ3v) is 3.02. The van der Waals surface area contributed by atoms with Gasteiger partial charge >= 0.3 is 6.18 Å². The van der Waals surface area contributed by atoms with Crippen LogP contribution < -0.4 is 14.2 Å². The molecule has 2 aromatic rings. The van der Waals surface area contributed by atoms with Crippen molar-refractivity contribution in [2.45, 2.75) is 12.8 Å². The van der Waals surface area contributed by atoms with Crippen molar-refractivity contribution in [3.8, 4) is 17.2 Å². The minimum atomic E-state index is -4.38. The number of hydrogen-bond acceptors (Lipinski definition) is 3. The fraction of sp³-hybridized carbons (Fsp3) is 0.250. The van der Waals surface area contributed by atoms with E-state index in [0.29, 0.717) is 22.8 Å². The van der Waals surface area contributed by atoms with Crippen LogP contribution in [0.3, 0.4) is 0 Å². The molecule has 0 unspecified atom stereocenters. The van der Waals surface area contributed by atoms with Crippen LogP contribution in [0.15, 0.2) is 42.5 Å². The van der Waals surface area contributed by atoms with Crippen molar-refractivity contribution < 1.29 is 27.4 Å². The number of para-hydroxylation sites is 1. The van der Waals surface area contributed by atoms with Gasteiger partial charge in [0.25, 0.3) is 0 Å². The molecule has 2 rings (SSSR count). The first kappa shape index (κ1) is 16.0. The second kappa shape index (κ2) is 6.60. The summed E-state index contributed by atoms with van der Waals surface area (Å²) in [6.07, 6.45) is -4.38. The smallest absolute Gasteiger partial charge is 0.416 e. The van der Waals surface area contributed by atoms with E-state index >= 15 is 0 Å². The normalized spacial score (nSPS) is 11.1. The van der Waals surface area contributed by atoms with E-state index in [1.54, 1.807) is 24.3 Å². The first-order valence-corrected chi connectivity index (χ1v) is 6.45. The average molecular weight is 312 g/mol. The largest absolute Gasteiger partial charge is 0.493 e. The fourth-order valence-electron chi connectivity index (χ4n) is 1.95. The topological polar surface area (TPSA) is 27.7 Å². The molecule has 0 saturated carbocycles. The molecule has 0 saturated heterocycles. The third-order valence-electron chi connectivity index (χ3n) is 3.02. The number of hydrogen-bond donors (Lipinski definition) is 0. The monoisotopic (exact) mass is 312 g/mol. The molecule has 118 valence electrons. The van der Waals surface area contributed by atoms with Crippen LogP contribution in [0.5, 0.6) is 17.2 Å². The van der Waals surface area contributed by atoms with Crippen LogP contribution in [0, 0.1) is 0 Å². The van der Waals surface area contributed by atoms with Crippen molar-refractivity contribution in [2.24, 2.45) is 0 Å². The maximum absolute atomic E-state index is 12.7. The van der Waals surface area contributed by atoms with Crippen molar-refractivity contribution in [3.05, 3.63) is 53.6 Å². The summed E-state index contributed by atoms with van der Waals surface area (Å²) in [5, 5.41) is 0. The highest BCUT2D eigenvalue weighted by Crippen LogP contribution is 2.37. The van der Waals surface area contributed by atoms with Gasteiger partial charge in [0.2, 0.25) is 5.75 Å². The molecule has 0 atom stereocenters. The molecule has 0 bridgehead atoms. The molecule has 0 aromatic heterocycles. The van der Waals surface area contributed by atoms with E-state index in [1.165, 1.54) is 20.3 Å². The summed E-state index contributed by atoms with van der Waals surface area (Å²) < 4.78 is 54.0. The van der Waals surface area contributed by atoms with Crippen LogP contribution in [0.1, 0.15) is 11.1 Å². The van der Waals surface area contributed by atoms with Crippen LogP contribution >= 0.6 is 0 Å². The second-order valence-corrected chi connectivity index (χ2v) is 4.48. The molecule has 0 N–H and O–H groups in total. The number of ether oxygens (including phenoxy) is 3. The van der Waals surface area contributed by atoms with Crippen LogP contribution in [0.25, 0.3) is 0 Å². The second-order valence-electron chi connectivity index (χ2n) is 4.48. The summed E-state index contributed by atoms with van der Waals surface area (Å²) in [6, 6.07) is 10.1. The highest BCUT2D eigenvalue weighted by molar-refractivity contribution is 5.51. The van der Waals surface area contributed by atoms with Gasteiger partial charge in [-0.15, -0.1) is 0 Å². The van der Waals surface area contributed by atoms with Gasteiger partial charge in [-0.1, -0.05) is 18.2 Å². The van der Waals surface area contributed by atoms with Gasteiger partial charge in [0.15, 0.2) is 11.5 Å². The van der Waals surface area contributed by atoms with E-state index in [2.05, 4.69) is 0 Å². The van der Waals surface area contributed by atoms with Crippen LogP contribution in [-0.2, 0) is 12.8 Å². The summed E-state index contributed by atoms with van der Waals surface area (Å²) in [5.41, 5.74) is -0.302. The number of halogens is 3. The summed E-state index contributed by atoms with van der Waals surface area (Å²) >= 11 is 0. The number of methoxy groups -OCH3 is 2. The zero-order chi connectivity index (χ0) is 16.2. The summed E-state index contributed by atoms with van der Waals surface area (Å²) in [7, 11) is 2.96. The Kier molecular flexibility index (Phi) is 4.80. The molecule has 2 aromatic carbocycles. The lowest BCUT2D eigenvalue weighted by Gasteiger charge is -2.14. The third kappa shape index (κ3) is 3.63. The Bertz CT molecular complexity index is 617. The Balaban J connectivity index is 2.20. The predicted molar refractivity (Wildman–Crippen MR) is 75.3 cm³/mol. The van der Waals surface area contributed by atoms with Crippen molar-refractivity contribution in [2.75, 3.05) is 14.2 Å². The molecule has 0 spiro atoms. The van der Waals surface area contributed by atoms with Gasteiger partial charge in [0.05, 0.1) is 19.8 Å². The Morgan fingerprint density at radius 2 is 1.50 bits per heavy atom. The van der Waals surface area contributed by atoms with Crippen molar-refractivity contribution in [1.29, 1.82) is 0 Å². The molecule has 6 heteroatoms. The zero-order valence-electron chi connectivity index (χ0n) is 12.1. The maximum Gasteiger partial charge on any atom is 0.416 e. The Morgan fingerprint density at radius 1 is 0.909 bits per heavy atom. The summed E-state index contributed by atoms with van der Waals surface area (Å²) in [4.78, 5) is 0. The van der Waals surface area contributed by atoms with Gasteiger partial charge in [0, 0.05) is 0 Å². The Morgan fingerprint density at radius 3 is 2.05 bits per heavy atom. The maximum atomic E-state index is 12.7. The van der Waals surface area contributed by atoms with Crippen molar-refractivity contribution in [3.63, 3.8) is 0 Å². The van der Waals surface area contributed by atoms with Crippen LogP contribution in [-0.4, -0.2) is 14.2 Å².